The van der Waals surface area contributed by atoms with Crippen LogP contribution in [0.1, 0.15) is 79.6 Å². The number of aliphatic hydroxyl groups is 1. The van der Waals surface area contributed by atoms with Crippen molar-refractivity contribution in [3.8, 4) is 0 Å². The second kappa shape index (κ2) is 5.86. The van der Waals surface area contributed by atoms with E-state index in [1.807, 2.05) is 0 Å². The molecule has 3 nitrogen and oxygen atoms in total. The molecule has 3 unspecified atom stereocenters. The van der Waals surface area contributed by atoms with Gasteiger partial charge in [0.15, 0.2) is 0 Å². The highest BCUT2D eigenvalue weighted by molar-refractivity contribution is 5.24. The molecule has 4 aliphatic carbocycles. The van der Waals surface area contributed by atoms with Gasteiger partial charge in [0.05, 0.1) is 12.7 Å². The number of hydrogen-bond acceptors (Lipinski definition) is 3. The number of fused-ring (bicyclic) bond motifs is 8. The molecule has 158 valence electrons. The topological polar surface area (TPSA) is 38.7 Å². The lowest BCUT2D eigenvalue weighted by Gasteiger charge is -2.71. The van der Waals surface area contributed by atoms with Crippen molar-refractivity contribution in [1.82, 2.24) is 0 Å². The van der Waals surface area contributed by atoms with E-state index in [2.05, 4.69) is 41.2 Å². The molecule has 1 N–H and O–H groups in total. The summed E-state index contributed by atoms with van der Waals surface area (Å²) in [7, 11) is 0. The van der Waals surface area contributed by atoms with Crippen LogP contribution >= 0.6 is 0 Å². The van der Waals surface area contributed by atoms with E-state index < -0.39 is 0 Å². The summed E-state index contributed by atoms with van der Waals surface area (Å²) in [6, 6.07) is 0. The van der Waals surface area contributed by atoms with E-state index in [0.717, 1.165) is 12.8 Å². The van der Waals surface area contributed by atoms with Crippen LogP contribution in [0.25, 0.3) is 0 Å². The third kappa shape index (κ3) is 2.28. The SMILES string of the molecule is C=C1[C@H]2COO[C@@H]1CC1[C@]3(C)C[C@H](O)C4C(C)(C)CCC[C@]4(C)C3CC[C@@]12C. The average Bonchev–Trinajstić information content (AvgIpc) is 2.56. The van der Waals surface area contributed by atoms with Gasteiger partial charge >= 0.3 is 0 Å². The molecule has 1 aliphatic heterocycles. The van der Waals surface area contributed by atoms with Gasteiger partial charge in [0.1, 0.15) is 6.10 Å². The highest BCUT2D eigenvalue weighted by atomic mass is 17.2. The normalized spacial score (nSPS) is 57.7. The maximum atomic E-state index is 11.6. The average molecular weight is 389 g/mol. The maximum Gasteiger partial charge on any atom is 0.114 e. The summed E-state index contributed by atoms with van der Waals surface area (Å²) in [5, 5.41) is 11.6. The molecule has 0 aromatic heterocycles. The van der Waals surface area contributed by atoms with E-state index in [-0.39, 0.29) is 33.9 Å². The second-order valence-electron chi connectivity index (χ2n) is 12.5. The predicted octanol–water partition coefficient (Wildman–Crippen LogP) is 5.53. The zero-order valence-electron chi connectivity index (χ0n) is 18.6. The molecule has 0 aromatic carbocycles. The van der Waals surface area contributed by atoms with E-state index in [4.69, 9.17) is 9.78 Å². The van der Waals surface area contributed by atoms with E-state index >= 15 is 0 Å². The summed E-state index contributed by atoms with van der Waals surface area (Å²) in [5.41, 5.74) is 2.13. The number of rotatable bonds is 0. The Balaban J connectivity index is 1.58. The predicted molar refractivity (Wildman–Crippen MR) is 110 cm³/mol. The van der Waals surface area contributed by atoms with Gasteiger partial charge in [-0.05, 0) is 83.5 Å². The fourth-order valence-electron chi connectivity index (χ4n) is 9.93. The lowest BCUT2D eigenvalue weighted by atomic mass is 9.34. The van der Waals surface area contributed by atoms with Crippen LogP contribution in [0.5, 0.6) is 0 Å². The standard InChI is InChI=1S/C25H40O3/c1-15-16-14-27-28-18(15)12-20-23(16,4)11-8-19-24(5)10-7-9-22(2,3)21(24)17(26)13-25(19,20)6/h16-21,26H,1,7-14H2,2-6H3/t16-,17+,18-,19?,20?,21?,23-,24-,25-/m1/s1. The van der Waals surface area contributed by atoms with Crippen molar-refractivity contribution in [2.45, 2.75) is 91.8 Å². The van der Waals surface area contributed by atoms with Gasteiger partial charge in [-0.25, -0.2) is 9.78 Å². The zero-order valence-corrected chi connectivity index (χ0v) is 18.6. The molecule has 0 spiro atoms. The van der Waals surface area contributed by atoms with Crippen LogP contribution in [0.3, 0.4) is 0 Å². The molecule has 0 aromatic rings. The molecule has 0 radical (unpaired) electrons. The molecule has 2 bridgehead atoms. The van der Waals surface area contributed by atoms with Crippen molar-refractivity contribution in [3.63, 3.8) is 0 Å². The third-order valence-corrected chi connectivity index (χ3v) is 10.8. The molecule has 5 fully saturated rings. The molecule has 3 heteroatoms. The van der Waals surface area contributed by atoms with Gasteiger partial charge in [-0.1, -0.05) is 47.6 Å². The Morgan fingerprint density at radius 1 is 0.964 bits per heavy atom. The van der Waals surface area contributed by atoms with Gasteiger partial charge in [-0.2, -0.15) is 0 Å². The summed E-state index contributed by atoms with van der Waals surface area (Å²) in [6.07, 6.45) is 8.20. The molecule has 28 heavy (non-hydrogen) atoms. The Labute approximate surface area is 171 Å². The van der Waals surface area contributed by atoms with Crippen molar-refractivity contribution in [2.24, 2.45) is 45.3 Å². The molecule has 9 atom stereocenters. The van der Waals surface area contributed by atoms with Gasteiger partial charge in [0, 0.05) is 5.92 Å². The maximum absolute atomic E-state index is 11.6. The van der Waals surface area contributed by atoms with Gasteiger partial charge in [0.25, 0.3) is 0 Å². The minimum atomic E-state index is -0.189. The first kappa shape index (κ1) is 19.6. The van der Waals surface area contributed by atoms with E-state index in [1.54, 1.807) is 0 Å². The second-order valence-corrected chi connectivity index (χ2v) is 12.5. The molecular formula is C25H40O3. The summed E-state index contributed by atoms with van der Waals surface area (Å²) in [4.78, 5) is 11.2. The minimum Gasteiger partial charge on any atom is -0.393 e. The molecular weight excluding hydrogens is 348 g/mol. The van der Waals surface area contributed by atoms with E-state index in [9.17, 15) is 5.11 Å². The van der Waals surface area contributed by atoms with Crippen LogP contribution in [0.4, 0.5) is 0 Å². The minimum absolute atomic E-state index is 0.0397. The Morgan fingerprint density at radius 2 is 1.71 bits per heavy atom. The highest BCUT2D eigenvalue weighted by Gasteiger charge is 2.69. The first-order valence-corrected chi connectivity index (χ1v) is 11.7. The summed E-state index contributed by atoms with van der Waals surface area (Å²) >= 11 is 0. The summed E-state index contributed by atoms with van der Waals surface area (Å²) in [6.45, 7) is 17.4. The van der Waals surface area contributed by atoms with Crippen molar-refractivity contribution in [2.75, 3.05) is 6.61 Å². The Hall–Kier alpha value is -0.380. The molecule has 5 aliphatic rings. The van der Waals surface area contributed by atoms with Gasteiger partial charge in [0.2, 0.25) is 0 Å². The number of aliphatic hydroxyl groups excluding tert-OH is 1. The van der Waals surface area contributed by atoms with E-state index in [1.165, 1.54) is 37.7 Å². The number of hydrogen-bond donors (Lipinski definition) is 1. The Kier molecular flexibility index (Phi) is 4.09. The van der Waals surface area contributed by atoms with Crippen LogP contribution in [-0.4, -0.2) is 23.9 Å². The molecule has 1 heterocycles. The third-order valence-electron chi connectivity index (χ3n) is 10.8. The Bertz CT molecular complexity index is 685. The first-order valence-electron chi connectivity index (χ1n) is 11.7. The lowest BCUT2D eigenvalue weighted by Crippen LogP contribution is -2.67. The van der Waals surface area contributed by atoms with Crippen LogP contribution in [-0.2, 0) is 9.78 Å². The molecule has 1 saturated heterocycles. The fourth-order valence-corrected chi connectivity index (χ4v) is 9.93. The van der Waals surface area contributed by atoms with Gasteiger partial charge in [-0.3, -0.25) is 0 Å². The van der Waals surface area contributed by atoms with Crippen molar-refractivity contribution in [1.29, 1.82) is 0 Å². The molecule has 5 rings (SSSR count). The molecule has 4 saturated carbocycles. The van der Waals surface area contributed by atoms with E-state index in [0.29, 0.717) is 30.3 Å². The summed E-state index contributed by atoms with van der Waals surface area (Å²) < 4.78 is 0. The van der Waals surface area contributed by atoms with Crippen molar-refractivity contribution < 1.29 is 14.9 Å². The van der Waals surface area contributed by atoms with Crippen LogP contribution in [0, 0.1) is 45.3 Å². The summed E-state index contributed by atoms with van der Waals surface area (Å²) in [5.74, 6) is 2.08. The smallest absolute Gasteiger partial charge is 0.114 e. The molecule has 0 amide bonds. The van der Waals surface area contributed by atoms with Gasteiger partial charge < -0.3 is 5.11 Å². The first-order chi connectivity index (χ1) is 13.0. The Morgan fingerprint density at radius 3 is 2.46 bits per heavy atom. The van der Waals surface area contributed by atoms with Gasteiger partial charge in [-0.15, -0.1) is 0 Å². The quantitative estimate of drug-likeness (QED) is 0.438. The van der Waals surface area contributed by atoms with Crippen molar-refractivity contribution in [3.05, 3.63) is 12.2 Å². The zero-order chi connectivity index (χ0) is 20.1. The van der Waals surface area contributed by atoms with Crippen LogP contribution < -0.4 is 0 Å². The van der Waals surface area contributed by atoms with Crippen LogP contribution in [0.15, 0.2) is 12.2 Å². The lowest BCUT2D eigenvalue weighted by molar-refractivity contribution is -0.371. The monoisotopic (exact) mass is 388 g/mol. The fraction of sp³-hybridized carbons (Fsp3) is 0.920. The largest absolute Gasteiger partial charge is 0.393 e. The highest BCUT2D eigenvalue weighted by Crippen LogP contribution is 2.73. The van der Waals surface area contributed by atoms with Crippen LogP contribution in [0.2, 0.25) is 0 Å². The van der Waals surface area contributed by atoms with Crippen molar-refractivity contribution >= 4 is 0 Å².